The lowest BCUT2D eigenvalue weighted by Crippen LogP contribution is -2.04. The smallest absolute Gasteiger partial charge is 0.151 e. The highest BCUT2D eigenvalue weighted by molar-refractivity contribution is 5.26. The zero-order chi connectivity index (χ0) is 13.0. The minimum atomic E-state index is 0.570. The minimum absolute atomic E-state index is 0.570. The Morgan fingerprint density at radius 1 is 1.22 bits per heavy atom. The Morgan fingerprint density at radius 2 is 1.94 bits per heavy atom. The largest absolute Gasteiger partial charge is 0.330 e. The van der Waals surface area contributed by atoms with Crippen molar-refractivity contribution in [2.24, 2.45) is 5.73 Å². The zero-order valence-electron chi connectivity index (χ0n) is 11.0. The lowest BCUT2D eigenvalue weighted by atomic mass is 10.0. The number of nitrogens with zero attached hydrogens (tertiary/aromatic N) is 2. The Labute approximate surface area is 108 Å². The van der Waals surface area contributed by atoms with Crippen molar-refractivity contribution in [2.45, 2.75) is 32.6 Å². The maximum Gasteiger partial charge on any atom is 0.151 e. The highest BCUT2D eigenvalue weighted by Crippen LogP contribution is 2.15. The van der Waals surface area contributed by atoms with Gasteiger partial charge in [-0.05, 0) is 23.6 Å². The van der Waals surface area contributed by atoms with Crippen LogP contribution in [0, 0.1) is 0 Å². The van der Waals surface area contributed by atoms with Crippen LogP contribution < -0.4 is 5.73 Å². The lowest BCUT2D eigenvalue weighted by molar-refractivity contribution is 0.864. The van der Waals surface area contributed by atoms with Crippen LogP contribution in [0.3, 0.4) is 0 Å². The van der Waals surface area contributed by atoms with E-state index in [-0.39, 0.29) is 0 Å². The second-order valence-corrected chi connectivity index (χ2v) is 4.81. The van der Waals surface area contributed by atoms with E-state index in [1.165, 1.54) is 11.1 Å². The summed E-state index contributed by atoms with van der Waals surface area (Å²) >= 11 is 0. The Balaban J connectivity index is 2.03. The predicted molar refractivity (Wildman–Crippen MR) is 72.5 cm³/mol. The summed E-state index contributed by atoms with van der Waals surface area (Å²) in [6, 6.07) is 8.66. The van der Waals surface area contributed by atoms with Crippen LogP contribution in [-0.4, -0.2) is 21.7 Å². The first-order valence-electron chi connectivity index (χ1n) is 6.38. The number of rotatable bonds is 5. The Kier molecular flexibility index (Phi) is 4.10. The molecule has 1 heterocycles. The number of nitrogens with one attached hydrogen (secondary N) is 1. The average molecular weight is 244 g/mol. The first-order chi connectivity index (χ1) is 8.69. The molecule has 0 atom stereocenters. The third-order valence-electron chi connectivity index (χ3n) is 2.96. The van der Waals surface area contributed by atoms with Gasteiger partial charge in [-0.2, -0.15) is 5.10 Å². The van der Waals surface area contributed by atoms with Crippen molar-refractivity contribution in [3.8, 4) is 0 Å². The van der Waals surface area contributed by atoms with Crippen molar-refractivity contribution < 1.29 is 0 Å². The molecule has 2 aromatic rings. The van der Waals surface area contributed by atoms with Crippen molar-refractivity contribution in [1.29, 1.82) is 0 Å². The summed E-state index contributed by atoms with van der Waals surface area (Å²) in [7, 11) is 0. The lowest BCUT2D eigenvalue weighted by Gasteiger charge is -2.05. The van der Waals surface area contributed by atoms with Gasteiger partial charge in [0.1, 0.15) is 5.82 Å². The molecule has 0 spiro atoms. The summed E-state index contributed by atoms with van der Waals surface area (Å²) in [4.78, 5) is 4.41. The second kappa shape index (κ2) is 5.78. The van der Waals surface area contributed by atoms with Crippen molar-refractivity contribution in [3.05, 3.63) is 47.0 Å². The second-order valence-electron chi connectivity index (χ2n) is 4.81. The van der Waals surface area contributed by atoms with E-state index in [9.17, 15) is 0 Å². The van der Waals surface area contributed by atoms with E-state index in [0.29, 0.717) is 12.5 Å². The van der Waals surface area contributed by atoms with Gasteiger partial charge in [0.05, 0.1) is 0 Å². The summed E-state index contributed by atoms with van der Waals surface area (Å²) in [5.41, 5.74) is 8.08. The molecule has 0 saturated carbocycles. The maximum atomic E-state index is 5.47. The number of aromatic nitrogens is 3. The average Bonchev–Trinajstić information content (AvgIpc) is 2.78. The van der Waals surface area contributed by atoms with Crippen molar-refractivity contribution in [2.75, 3.05) is 6.54 Å². The fourth-order valence-electron chi connectivity index (χ4n) is 1.87. The van der Waals surface area contributed by atoms with Crippen LogP contribution >= 0.6 is 0 Å². The molecule has 96 valence electrons. The minimum Gasteiger partial charge on any atom is -0.330 e. The number of hydrogen-bond donors (Lipinski definition) is 2. The van der Waals surface area contributed by atoms with E-state index >= 15 is 0 Å². The third kappa shape index (κ3) is 3.17. The molecule has 0 aliphatic carbocycles. The first-order valence-corrected chi connectivity index (χ1v) is 6.38. The van der Waals surface area contributed by atoms with E-state index in [1.54, 1.807) is 0 Å². The summed E-state index contributed by atoms with van der Waals surface area (Å²) in [6.07, 6.45) is 1.51. The van der Waals surface area contributed by atoms with Gasteiger partial charge >= 0.3 is 0 Å². The van der Waals surface area contributed by atoms with Gasteiger partial charge in [0.15, 0.2) is 5.82 Å². The highest BCUT2D eigenvalue weighted by Gasteiger charge is 2.04. The SMILES string of the molecule is CC(C)c1ccc(Cc2nc(CCN)n[nH]2)cc1. The molecule has 0 unspecified atom stereocenters. The predicted octanol–water partition coefficient (Wildman–Crippen LogP) is 2.02. The number of benzene rings is 1. The first kappa shape index (κ1) is 12.8. The van der Waals surface area contributed by atoms with Gasteiger partial charge in [0, 0.05) is 12.8 Å². The molecule has 4 nitrogen and oxygen atoms in total. The Hall–Kier alpha value is -1.68. The van der Waals surface area contributed by atoms with E-state index in [4.69, 9.17) is 5.73 Å². The van der Waals surface area contributed by atoms with Gasteiger partial charge in [-0.25, -0.2) is 4.98 Å². The molecular weight excluding hydrogens is 224 g/mol. The fraction of sp³-hybridized carbons (Fsp3) is 0.429. The van der Waals surface area contributed by atoms with Crippen LogP contribution in [0.25, 0.3) is 0 Å². The van der Waals surface area contributed by atoms with Crippen molar-refractivity contribution in [3.63, 3.8) is 0 Å². The summed E-state index contributed by atoms with van der Waals surface area (Å²) in [5, 5.41) is 7.09. The van der Waals surface area contributed by atoms with E-state index in [2.05, 4.69) is 53.3 Å². The molecule has 0 aliphatic rings. The van der Waals surface area contributed by atoms with Crippen LogP contribution in [0.1, 0.15) is 42.5 Å². The normalized spacial score (nSPS) is 11.1. The van der Waals surface area contributed by atoms with Crippen LogP contribution in [0.15, 0.2) is 24.3 Å². The maximum absolute atomic E-state index is 5.47. The van der Waals surface area contributed by atoms with E-state index in [1.807, 2.05) is 0 Å². The molecule has 1 aromatic heterocycles. The topological polar surface area (TPSA) is 67.6 Å². The molecular formula is C14H20N4. The van der Waals surface area contributed by atoms with Gasteiger partial charge < -0.3 is 5.73 Å². The number of aromatic amines is 1. The van der Waals surface area contributed by atoms with Crippen LogP contribution in [0.4, 0.5) is 0 Å². The molecule has 0 aliphatic heterocycles. The summed E-state index contributed by atoms with van der Waals surface area (Å²) < 4.78 is 0. The zero-order valence-corrected chi connectivity index (χ0v) is 11.0. The van der Waals surface area contributed by atoms with Gasteiger partial charge in [-0.15, -0.1) is 0 Å². The van der Waals surface area contributed by atoms with E-state index < -0.39 is 0 Å². The molecule has 0 amide bonds. The van der Waals surface area contributed by atoms with Gasteiger partial charge in [0.25, 0.3) is 0 Å². The third-order valence-corrected chi connectivity index (χ3v) is 2.96. The number of H-pyrrole nitrogens is 1. The standard InChI is InChI=1S/C14H20N4/c1-10(2)12-5-3-11(4-6-12)9-14-16-13(7-8-15)17-18-14/h3-6,10H,7-9,15H2,1-2H3,(H,16,17,18). The summed E-state index contributed by atoms with van der Waals surface area (Å²) in [6.45, 7) is 4.98. The number of nitrogens with two attached hydrogens (primary N) is 1. The molecule has 0 fully saturated rings. The Morgan fingerprint density at radius 3 is 2.56 bits per heavy atom. The number of hydrogen-bond acceptors (Lipinski definition) is 3. The fourth-order valence-corrected chi connectivity index (χ4v) is 1.87. The quantitative estimate of drug-likeness (QED) is 0.845. The molecule has 4 heteroatoms. The molecule has 3 N–H and O–H groups in total. The van der Waals surface area contributed by atoms with Gasteiger partial charge in [-0.1, -0.05) is 38.1 Å². The molecule has 18 heavy (non-hydrogen) atoms. The molecule has 0 radical (unpaired) electrons. The molecule has 0 bridgehead atoms. The van der Waals surface area contributed by atoms with Crippen LogP contribution in [-0.2, 0) is 12.8 Å². The van der Waals surface area contributed by atoms with E-state index in [0.717, 1.165) is 24.5 Å². The van der Waals surface area contributed by atoms with Crippen LogP contribution in [0.5, 0.6) is 0 Å². The van der Waals surface area contributed by atoms with Crippen LogP contribution in [0.2, 0.25) is 0 Å². The summed E-state index contributed by atoms with van der Waals surface area (Å²) in [5.74, 6) is 2.27. The monoisotopic (exact) mass is 244 g/mol. The molecule has 0 saturated heterocycles. The molecule has 1 aromatic carbocycles. The van der Waals surface area contributed by atoms with Gasteiger partial charge in [0.2, 0.25) is 0 Å². The Bertz CT molecular complexity index is 485. The van der Waals surface area contributed by atoms with Crippen molar-refractivity contribution >= 4 is 0 Å². The highest BCUT2D eigenvalue weighted by atomic mass is 15.2. The van der Waals surface area contributed by atoms with Gasteiger partial charge in [-0.3, -0.25) is 5.10 Å². The molecule has 2 rings (SSSR count). The van der Waals surface area contributed by atoms with Crippen molar-refractivity contribution in [1.82, 2.24) is 15.2 Å².